The van der Waals surface area contributed by atoms with Gasteiger partial charge in [0.15, 0.2) is 0 Å². The van der Waals surface area contributed by atoms with Gasteiger partial charge in [0.05, 0.1) is 0 Å². The van der Waals surface area contributed by atoms with Crippen LogP contribution in [0.3, 0.4) is 0 Å². The summed E-state index contributed by atoms with van der Waals surface area (Å²) in [6.07, 6.45) is 0. The number of hydrogen-bond acceptors (Lipinski definition) is 0. The summed E-state index contributed by atoms with van der Waals surface area (Å²) >= 11 is 0. The third-order valence-electron chi connectivity index (χ3n) is 0. The number of rotatable bonds is 0. The fourth-order valence-electron chi connectivity index (χ4n) is 0. The van der Waals surface area contributed by atoms with Gasteiger partial charge in [-0.25, -0.2) is 4.39 Å². The van der Waals surface area contributed by atoms with E-state index < -0.39 is 0 Å². The van der Waals surface area contributed by atoms with Crippen molar-refractivity contribution in [2.75, 3.05) is 0 Å². The molecule has 4 heavy (non-hydrogen) atoms. The van der Waals surface area contributed by atoms with Crippen molar-refractivity contribution in [1.82, 2.24) is 0 Å². The van der Waals surface area contributed by atoms with Gasteiger partial charge in [0.2, 0.25) is 7.18 Å². The molecule has 0 unspecified atom stereocenters. The molecule has 6 radical (unpaired) electrons. The zero-order valence-corrected chi connectivity index (χ0v) is 2.29. The van der Waals surface area contributed by atoms with E-state index in [1.54, 1.807) is 0 Å². The Kier molecular flexibility index (Phi) is 560. The van der Waals surface area contributed by atoms with Crippen LogP contribution in [0.5, 0.6) is 0 Å². The molecule has 0 aromatic heterocycles. The van der Waals surface area contributed by atoms with Gasteiger partial charge >= 0.3 is 0 Å². The molecule has 0 aromatic carbocycles. The summed E-state index contributed by atoms with van der Waals surface area (Å²) in [6.45, 7) is 0. The minimum absolute atomic E-state index is 0. The van der Waals surface area contributed by atoms with Crippen molar-refractivity contribution in [2.45, 2.75) is 0 Å². The zero-order chi connectivity index (χ0) is 2.00. The van der Waals surface area contributed by atoms with Crippen LogP contribution in [0.2, 0.25) is 0 Å². The minimum atomic E-state index is 0. The summed E-state index contributed by atoms with van der Waals surface area (Å²) in [6, 6.07) is 0. The molecule has 0 N–H and O–H groups in total. The second-order valence-electron chi connectivity index (χ2n) is 0. The molecular formula is CFLiO. The molecule has 18 valence electrons. The van der Waals surface area contributed by atoms with E-state index in [1.165, 1.54) is 0 Å². The number of halogens is 1. The van der Waals surface area contributed by atoms with E-state index in [9.17, 15) is 0 Å². The third kappa shape index (κ3) is 23.2. The van der Waals surface area contributed by atoms with Crippen LogP contribution in [-0.4, -0.2) is 18.9 Å². The molecule has 0 amide bonds. The molecule has 0 aliphatic rings. The van der Waals surface area contributed by atoms with E-state index >= 15 is 0 Å². The Morgan fingerprint density at radius 3 is 1.25 bits per heavy atom. The topological polar surface area (TPSA) is 28.5 Å². The van der Waals surface area contributed by atoms with Gasteiger partial charge < -0.3 is 0 Å². The third-order valence-corrected chi connectivity index (χ3v) is 0. The van der Waals surface area contributed by atoms with E-state index in [0.717, 1.165) is 0 Å². The predicted molar refractivity (Wildman–Crippen MR) is 10.8 cm³/mol. The molecule has 0 heterocycles. The van der Waals surface area contributed by atoms with Crippen LogP contribution in [0.4, 0.5) is 4.39 Å². The van der Waals surface area contributed by atoms with E-state index in [4.69, 9.17) is 4.39 Å². The average Bonchev–Trinajstić information content (AvgIpc) is 1.00. The summed E-state index contributed by atoms with van der Waals surface area (Å²) < 4.78 is 8.75. The van der Waals surface area contributed by atoms with Crippen molar-refractivity contribution in [3.8, 4) is 0 Å². The molecule has 0 aromatic rings. The second kappa shape index (κ2) is 90.8. The van der Waals surface area contributed by atoms with Gasteiger partial charge in [-0.15, -0.1) is 0 Å². The van der Waals surface area contributed by atoms with E-state index in [0.29, 0.717) is 0 Å². The maximum atomic E-state index is 8.75. The summed E-state index contributed by atoms with van der Waals surface area (Å²) in [5.41, 5.74) is 0. The van der Waals surface area contributed by atoms with Gasteiger partial charge in [-0.3, -0.25) is 0 Å². The minimum Gasteiger partial charge on any atom is -0.232 e. The zero-order valence-electron chi connectivity index (χ0n) is 2.29. The molecule has 0 saturated heterocycles. The first-order valence-corrected chi connectivity index (χ1v) is 0.189. The first kappa shape index (κ1) is 24.7. The van der Waals surface area contributed by atoms with Crippen LogP contribution >= 0.6 is 0 Å². The molecular weight excluding hydrogens is 53.9 g/mol. The SMILES string of the molecule is [C]F.[Li].[O]. The van der Waals surface area contributed by atoms with Crippen LogP contribution in [-0.2, 0) is 5.48 Å². The average molecular weight is 53.9 g/mol. The van der Waals surface area contributed by atoms with E-state index in [-0.39, 0.29) is 24.3 Å². The van der Waals surface area contributed by atoms with E-state index in [1.807, 2.05) is 0 Å². The van der Waals surface area contributed by atoms with Crippen LogP contribution in [0.25, 0.3) is 0 Å². The van der Waals surface area contributed by atoms with E-state index in [2.05, 4.69) is 7.18 Å². The fraction of sp³-hybridized carbons (Fsp3) is 0. The van der Waals surface area contributed by atoms with Gasteiger partial charge in [-0.1, -0.05) is 0 Å². The van der Waals surface area contributed by atoms with Gasteiger partial charge in [0, 0.05) is 24.3 Å². The smallest absolute Gasteiger partial charge is 0.232 e. The Morgan fingerprint density at radius 2 is 1.25 bits per heavy atom. The van der Waals surface area contributed by atoms with Crippen molar-refractivity contribution < 1.29 is 9.87 Å². The molecule has 0 aliphatic carbocycles. The Labute approximate surface area is 36.7 Å². The molecule has 0 fully saturated rings. The molecule has 3 heteroatoms. The van der Waals surface area contributed by atoms with Crippen molar-refractivity contribution >= 4 is 18.9 Å². The summed E-state index contributed by atoms with van der Waals surface area (Å²) in [5.74, 6) is 0. The van der Waals surface area contributed by atoms with Gasteiger partial charge in [-0.05, 0) is 0 Å². The largest absolute Gasteiger partial charge is 0.232 e. The van der Waals surface area contributed by atoms with Crippen LogP contribution < -0.4 is 0 Å². The Bertz CT molecular complexity index is 8.00. The predicted octanol–water partition coefficient (Wildman–Crippen LogP) is 0.00189. The first-order chi connectivity index (χ1) is 1.00. The maximum absolute atomic E-state index is 8.75. The summed E-state index contributed by atoms with van der Waals surface area (Å²) in [4.78, 5) is 0. The van der Waals surface area contributed by atoms with Crippen molar-refractivity contribution in [1.29, 1.82) is 0 Å². The van der Waals surface area contributed by atoms with Crippen molar-refractivity contribution in [3.05, 3.63) is 7.18 Å². The van der Waals surface area contributed by atoms with Gasteiger partial charge in [0.1, 0.15) is 0 Å². The molecule has 0 rings (SSSR count). The van der Waals surface area contributed by atoms with Gasteiger partial charge in [-0.2, -0.15) is 0 Å². The molecule has 0 saturated carbocycles. The molecule has 0 bridgehead atoms. The normalized spacial score (nSPS) is 1.50. The quantitative estimate of drug-likeness (QED) is 0.348. The fourth-order valence-corrected chi connectivity index (χ4v) is 0. The summed E-state index contributed by atoms with van der Waals surface area (Å²) in [5, 5.41) is 0. The first-order valence-electron chi connectivity index (χ1n) is 0.189. The molecule has 0 atom stereocenters. The van der Waals surface area contributed by atoms with Crippen molar-refractivity contribution in [3.63, 3.8) is 0 Å². The second-order valence-corrected chi connectivity index (χ2v) is 0. The van der Waals surface area contributed by atoms with Crippen LogP contribution in [0.1, 0.15) is 0 Å². The standard InChI is InChI=1S/CF.Li.O/c1-2;;. The van der Waals surface area contributed by atoms with Gasteiger partial charge in [0.25, 0.3) is 0 Å². The molecule has 0 spiro atoms. The molecule has 0 aliphatic heterocycles. The maximum Gasteiger partial charge on any atom is 0.232 e. The monoisotopic (exact) mass is 54.0 g/mol. The Hall–Kier alpha value is 0.487. The van der Waals surface area contributed by atoms with Crippen LogP contribution in [0, 0.1) is 7.18 Å². The Morgan fingerprint density at radius 1 is 1.25 bits per heavy atom. The van der Waals surface area contributed by atoms with Crippen molar-refractivity contribution in [2.24, 2.45) is 0 Å². The summed E-state index contributed by atoms with van der Waals surface area (Å²) in [7, 11) is 4.25. The number of hydrogen-bond donors (Lipinski definition) is 0. The molecule has 1 nitrogen and oxygen atoms in total. The van der Waals surface area contributed by atoms with Crippen LogP contribution in [0.15, 0.2) is 0 Å². The Balaban J connectivity index is -0.00000000500.